The summed E-state index contributed by atoms with van der Waals surface area (Å²) in [5.41, 5.74) is 0.229. The van der Waals surface area contributed by atoms with Gasteiger partial charge in [-0.15, -0.1) is 0 Å². The van der Waals surface area contributed by atoms with Crippen LogP contribution in [0.25, 0.3) is 0 Å². The van der Waals surface area contributed by atoms with Gasteiger partial charge in [-0.05, 0) is 0 Å². The van der Waals surface area contributed by atoms with Gasteiger partial charge in [0.15, 0.2) is 5.82 Å². The van der Waals surface area contributed by atoms with Crippen molar-refractivity contribution in [3.63, 3.8) is 0 Å². The Kier molecular flexibility index (Phi) is 4.35. The van der Waals surface area contributed by atoms with Gasteiger partial charge in [0.2, 0.25) is 0 Å². The molecule has 1 N–H and O–H groups in total. The van der Waals surface area contributed by atoms with E-state index in [1.807, 2.05) is 6.07 Å². The van der Waals surface area contributed by atoms with E-state index < -0.39 is 18.0 Å². The number of rotatable bonds is 2. The van der Waals surface area contributed by atoms with Crippen LogP contribution in [0.5, 0.6) is 5.75 Å². The first-order chi connectivity index (χ1) is 11.9. The molecule has 3 rings (SSSR count). The van der Waals surface area contributed by atoms with Crippen LogP contribution in [0.2, 0.25) is 0 Å². The maximum absolute atomic E-state index is 15.0. The Bertz CT molecular complexity index is 774. The van der Waals surface area contributed by atoms with Gasteiger partial charge in [-0.2, -0.15) is 5.26 Å². The molecule has 1 aromatic carbocycles. The van der Waals surface area contributed by atoms with Crippen molar-refractivity contribution in [3.05, 3.63) is 17.4 Å². The zero-order valence-corrected chi connectivity index (χ0v) is 13.9. The van der Waals surface area contributed by atoms with E-state index in [9.17, 15) is 15.2 Å². The van der Waals surface area contributed by atoms with E-state index >= 15 is 4.39 Å². The SMILES string of the molecule is CN(C)/C=N/c1cc2c(c(F)c1C#N)N1CCN(C(=O)O)[C@H](CO2)C1. The van der Waals surface area contributed by atoms with E-state index in [1.165, 1.54) is 17.3 Å². The fourth-order valence-corrected chi connectivity index (χ4v) is 3.03. The monoisotopic (exact) mass is 347 g/mol. The molecular formula is C16H18FN5O3. The number of piperazine rings is 1. The highest BCUT2D eigenvalue weighted by Gasteiger charge is 2.37. The second-order valence-electron chi connectivity index (χ2n) is 6.14. The van der Waals surface area contributed by atoms with Gasteiger partial charge < -0.3 is 19.6 Å². The lowest BCUT2D eigenvalue weighted by molar-refractivity contribution is 0.101. The Hall–Kier alpha value is -3.02. The molecular weight excluding hydrogens is 329 g/mol. The third-order valence-corrected chi connectivity index (χ3v) is 4.20. The number of amides is 1. The average molecular weight is 347 g/mol. The standard InChI is InChI=1S/C16H18FN5O3/c1-20(2)9-19-12-5-13-15(14(17)11(12)6-18)21-3-4-22(16(23)24)10(7-21)8-25-13/h5,9-10H,3-4,7-8H2,1-2H3,(H,23,24)/b19-9+/t10-/m0/s1. The van der Waals surface area contributed by atoms with Crippen LogP contribution in [0.15, 0.2) is 11.1 Å². The van der Waals surface area contributed by atoms with Crippen LogP contribution in [0.3, 0.4) is 0 Å². The number of hydrogen-bond acceptors (Lipinski definition) is 5. The van der Waals surface area contributed by atoms with Crippen molar-refractivity contribution in [2.45, 2.75) is 6.04 Å². The van der Waals surface area contributed by atoms with Gasteiger partial charge in [0.05, 0.1) is 18.1 Å². The van der Waals surface area contributed by atoms with Gasteiger partial charge in [-0.1, -0.05) is 0 Å². The molecule has 132 valence electrons. The number of benzene rings is 1. The van der Waals surface area contributed by atoms with E-state index in [4.69, 9.17) is 4.74 Å². The Labute approximate surface area is 144 Å². The predicted molar refractivity (Wildman–Crippen MR) is 89.2 cm³/mol. The van der Waals surface area contributed by atoms with Crippen molar-refractivity contribution < 1.29 is 19.0 Å². The highest BCUT2D eigenvalue weighted by Crippen LogP contribution is 2.41. The van der Waals surface area contributed by atoms with Crippen molar-refractivity contribution in [1.82, 2.24) is 9.80 Å². The largest absolute Gasteiger partial charge is 0.489 e. The molecule has 2 aliphatic rings. The lowest BCUT2D eigenvalue weighted by atomic mass is 10.1. The van der Waals surface area contributed by atoms with Crippen LogP contribution in [0.4, 0.5) is 20.6 Å². The summed E-state index contributed by atoms with van der Waals surface area (Å²) in [6.07, 6.45) is 0.456. The molecule has 1 aromatic rings. The number of halogens is 1. The second kappa shape index (κ2) is 6.47. The van der Waals surface area contributed by atoms with Crippen LogP contribution in [-0.2, 0) is 0 Å². The highest BCUT2D eigenvalue weighted by atomic mass is 19.1. The maximum Gasteiger partial charge on any atom is 0.407 e. The average Bonchev–Trinajstić information content (AvgIpc) is 2.70. The molecule has 1 atom stereocenters. The van der Waals surface area contributed by atoms with Gasteiger partial charge in [0.25, 0.3) is 0 Å². The molecule has 25 heavy (non-hydrogen) atoms. The minimum Gasteiger partial charge on any atom is -0.489 e. The molecule has 0 aliphatic carbocycles. The topological polar surface area (TPSA) is 92.4 Å². The Morgan fingerprint density at radius 2 is 2.32 bits per heavy atom. The lowest BCUT2D eigenvalue weighted by Gasteiger charge is -2.38. The predicted octanol–water partition coefficient (Wildman–Crippen LogP) is 1.48. The summed E-state index contributed by atoms with van der Waals surface area (Å²) >= 11 is 0. The van der Waals surface area contributed by atoms with Crippen molar-refractivity contribution in [3.8, 4) is 11.8 Å². The number of hydrogen-bond donors (Lipinski definition) is 1. The number of carboxylic acid groups (broad SMARTS) is 1. The van der Waals surface area contributed by atoms with E-state index in [0.717, 1.165) is 0 Å². The summed E-state index contributed by atoms with van der Waals surface area (Å²) in [6.45, 7) is 1.03. The van der Waals surface area contributed by atoms with E-state index in [2.05, 4.69) is 4.99 Å². The first-order valence-corrected chi connectivity index (χ1v) is 7.77. The first-order valence-electron chi connectivity index (χ1n) is 7.77. The first kappa shape index (κ1) is 16.8. The summed E-state index contributed by atoms with van der Waals surface area (Å²) in [7, 11) is 3.53. The molecule has 0 unspecified atom stereocenters. The van der Waals surface area contributed by atoms with Gasteiger partial charge in [0.1, 0.15) is 29.7 Å². The highest BCUT2D eigenvalue weighted by molar-refractivity contribution is 5.75. The van der Waals surface area contributed by atoms with E-state index in [-0.39, 0.29) is 35.8 Å². The Morgan fingerprint density at radius 3 is 2.96 bits per heavy atom. The summed E-state index contributed by atoms with van der Waals surface area (Å²) in [4.78, 5) is 20.2. The van der Waals surface area contributed by atoms with Gasteiger partial charge in [-0.25, -0.2) is 14.2 Å². The minimum absolute atomic E-state index is 0.123. The molecule has 8 nitrogen and oxygen atoms in total. The molecule has 1 amide bonds. The molecule has 0 saturated carbocycles. The van der Waals surface area contributed by atoms with Crippen molar-refractivity contribution >= 4 is 23.8 Å². The molecule has 0 aromatic heterocycles. The Morgan fingerprint density at radius 1 is 1.56 bits per heavy atom. The minimum atomic E-state index is -1.02. The maximum atomic E-state index is 15.0. The van der Waals surface area contributed by atoms with Crippen LogP contribution >= 0.6 is 0 Å². The summed E-state index contributed by atoms with van der Waals surface area (Å²) in [5.74, 6) is -0.410. The zero-order chi connectivity index (χ0) is 18.1. The molecule has 0 radical (unpaired) electrons. The van der Waals surface area contributed by atoms with Gasteiger partial charge >= 0.3 is 6.09 Å². The summed E-state index contributed by atoms with van der Waals surface area (Å²) < 4.78 is 20.7. The number of carbonyl (C=O) groups is 1. The molecule has 2 aliphatic heterocycles. The van der Waals surface area contributed by atoms with E-state index in [0.29, 0.717) is 13.1 Å². The fraction of sp³-hybridized carbons (Fsp3) is 0.438. The zero-order valence-electron chi connectivity index (χ0n) is 13.9. The summed E-state index contributed by atoms with van der Waals surface area (Å²) in [6, 6.07) is 3.00. The molecule has 1 fully saturated rings. The smallest absolute Gasteiger partial charge is 0.407 e. The lowest BCUT2D eigenvalue weighted by Crippen LogP contribution is -2.56. The number of anilines is 1. The van der Waals surface area contributed by atoms with Gasteiger partial charge in [-0.3, -0.25) is 4.90 Å². The second-order valence-corrected chi connectivity index (χ2v) is 6.14. The van der Waals surface area contributed by atoms with Crippen molar-refractivity contribution in [2.24, 2.45) is 4.99 Å². The van der Waals surface area contributed by atoms with Crippen molar-refractivity contribution in [1.29, 1.82) is 5.26 Å². The van der Waals surface area contributed by atoms with Crippen LogP contribution in [-0.4, -0.2) is 73.7 Å². The Balaban J connectivity index is 2.05. The number of nitrogens with zero attached hydrogens (tertiary/aromatic N) is 5. The fourth-order valence-electron chi connectivity index (χ4n) is 3.03. The molecule has 1 saturated heterocycles. The third kappa shape index (κ3) is 3.03. The molecule has 0 spiro atoms. The van der Waals surface area contributed by atoms with Crippen LogP contribution in [0.1, 0.15) is 5.56 Å². The number of nitriles is 1. The molecule has 2 heterocycles. The quantitative estimate of drug-likeness (QED) is 0.643. The summed E-state index contributed by atoms with van der Waals surface area (Å²) in [5, 5.41) is 18.6. The number of aliphatic imine (C=N–C) groups is 1. The van der Waals surface area contributed by atoms with Crippen molar-refractivity contribution in [2.75, 3.05) is 45.2 Å². The number of ether oxygens (including phenoxy) is 1. The number of fused-ring (bicyclic) bond motifs is 4. The van der Waals surface area contributed by atoms with Crippen LogP contribution in [0, 0.1) is 17.1 Å². The van der Waals surface area contributed by atoms with E-state index in [1.54, 1.807) is 23.9 Å². The molecule has 2 bridgehead atoms. The molecule has 9 heteroatoms. The van der Waals surface area contributed by atoms with Gasteiger partial charge in [0, 0.05) is 39.8 Å². The third-order valence-electron chi connectivity index (χ3n) is 4.20. The van der Waals surface area contributed by atoms with Crippen LogP contribution < -0.4 is 9.64 Å². The normalized spacial score (nSPS) is 19.0.